The van der Waals surface area contributed by atoms with Crippen molar-refractivity contribution in [3.8, 4) is 0 Å². The van der Waals surface area contributed by atoms with Crippen LogP contribution in [0.4, 0.5) is 0 Å². The molecule has 0 fully saturated rings. The van der Waals surface area contributed by atoms with E-state index >= 15 is 0 Å². The maximum atomic E-state index is 2.34. The molecule has 0 N–H and O–H groups in total. The van der Waals surface area contributed by atoms with Gasteiger partial charge in [0.2, 0.25) is 0 Å². The summed E-state index contributed by atoms with van der Waals surface area (Å²) in [6.45, 7) is 6.80. The minimum Gasteiger partial charge on any atom is -0.0899 e. The lowest BCUT2D eigenvalue weighted by molar-refractivity contribution is 1.51. The van der Waals surface area contributed by atoms with Crippen molar-refractivity contribution in [1.29, 1.82) is 0 Å². The van der Waals surface area contributed by atoms with Crippen molar-refractivity contribution in [2.75, 3.05) is 18.6 Å². The molecule has 0 saturated heterocycles. The number of hydrogen-bond acceptors (Lipinski definition) is 2. The van der Waals surface area contributed by atoms with Gasteiger partial charge in [-0.1, -0.05) is 35.1 Å². The smallest absolute Gasteiger partial charge is 0.00117 e. The maximum Gasteiger partial charge on any atom is 0.00117 e. The zero-order valence-corrected chi connectivity index (χ0v) is 8.21. The summed E-state index contributed by atoms with van der Waals surface area (Å²) < 4.78 is 0. The Hall–Kier alpha value is 1.13. The topological polar surface area (TPSA) is 0 Å². The van der Waals surface area contributed by atoms with Gasteiger partial charge in [0, 0.05) is 5.75 Å². The van der Waals surface area contributed by atoms with Gasteiger partial charge < -0.3 is 0 Å². The van der Waals surface area contributed by atoms with Gasteiger partial charge in [0.15, 0.2) is 0 Å². The van der Waals surface area contributed by atoms with E-state index in [9.17, 15) is 0 Å². The highest BCUT2D eigenvalue weighted by Crippen LogP contribution is 2.52. The van der Waals surface area contributed by atoms with Gasteiger partial charge in [0.1, 0.15) is 0 Å². The summed E-state index contributed by atoms with van der Waals surface area (Å²) in [5, 5.41) is 0. The van der Waals surface area contributed by atoms with Crippen molar-refractivity contribution >= 4 is 28.3 Å². The van der Waals surface area contributed by atoms with E-state index in [0.717, 1.165) is 0 Å². The molecule has 0 aliphatic rings. The summed E-state index contributed by atoms with van der Waals surface area (Å²) in [5.74, 6) is 1.25. The first-order valence-electron chi connectivity index (χ1n) is 2.82. The van der Waals surface area contributed by atoms with Crippen LogP contribution in [0.3, 0.4) is 0 Å². The summed E-state index contributed by atoms with van der Waals surface area (Å²) >= 11 is 0. The first kappa shape index (κ1) is 9.13. The Balaban J connectivity index is 2.86. The van der Waals surface area contributed by atoms with Gasteiger partial charge in [0.25, 0.3) is 0 Å². The Labute approximate surface area is 61.1 Å². The highest BCUT2D eigenvalue weighted by atomic mass is 33.3. The monoisotopic (exact) mass is 168 g/mol. The Morgan fingerprint density at radius 1 is 1.38 bits per heavy atom. The number of hydrogen-bond donors (Lipinski definition) is 0. The van der Waals surface area contributed by atoms with Gasteiger partial charge in [-0.25, -0.2) is 0 Å². The zero-order chi connectivity index (χ0) is 6.41. The summed E-state index contributed by atoms with van der Waals surface area (Å²) in [6, 6.07) is 0. The fourth-order valence-corrected chi connectivity index (χ4v) is 5.28. The van der Waals surface area contributed by atoms with Gasteiger partial charge in [-0.15, -0.1) is 0 Å². The van der Waals surface area contributed by atoms with E-state index in [2.05, 4.69) is 30.9 Å². The van der Waals surface area contributed by atoms with E-state index in [1.807, 2.05) is 10.8 Å². The molecular weight excluding hydrogens is 155 g/mol. The van der Waals surface area contributed by atoms with Crippen molar-refractivity contribution in [3.05, 3.63) is 0 Å². The third-order valence-corrected chi connectivity index (χ3v) is 8.03. The minimum atomic E-state index is 0.295. The van der Waals surface area contributed by atoms with Crippen LogP contribution in [-0.2, 0) is 0 Å². The van der Waals surface area contributed by atoms with E-state index in [1.165, 1.54) is 11.9 Å². The Morgan fingerprint density at radius 3 is 2.38 bits per heavy atom. The molecule has 0 saturated carbocycles. The molecule has 0 aromatic heterocycles. The third kappa shape index (κ3) is 5.27. The Kier molecular flexibility index (Phi) is 7.14. The molecule has 3 heteroatoms. The lowest BCUT2D eigenvalue weighted by Crippen LogP contribution is -1.65. The van der Waals surface area contributed by atoms with Crippen molar-refractivity contribution in [1.82, 2.24) is 0 Å². The second kappa shape index (κ2) is 6.25. The van der Waals surface area contributed by atoms with Gasteiger partial charge in [0.05, 0.1) is 0 Å². The SMILES string of the molecule is CCSSP(C)CC. The molecule has 0 aliphatic heterocycles. The van der Waals surface area contributed by atoms with Gasteiger partial charge in [-0.05, 0) is 20.0 Å². The van der Waals surface area contributed by atoms with Crippen molar-refractivity contribution < 1.29 is 0 Å². The van der Waals surface area contributed by atoms with Crippen molar-refractivity contribution in [2.24, 2.45) is 0 Å². The fourth-order valence-electron chi connectivity index (χ4n) is 0.195. The highest BCUT2D eigenvalue weighted by molar-refractivity contribution is 8.98. The van der Waals surface area contributed by atoms with E-state index in [0.29, 0.717) is 7.12 Å². The zero-order valence-electron chi connectivity index (χ0n) is 5.68. The van der Waals surface area contributed by atoms with Crippen LogP contribution in [-0.4, -0.2) is 18.6 Å². The van der Waals surface area contributed by atoms with Crippen LogP contribution in [0.15, 0.2) is 0 Å². The molecule has 0 amide bonds. The molecule has 0 nitrogen and oxygen atoms in total. The van der Waals surface area contributed by atoms with Gasteiger partial charge >= 0.3 is 0 Å². The molecule has 0 aromatic carbocycles. The van der Waals surface area contributed by atoms with Crippen molar-refractivity contribution in [3.63, 3.8) is 0 Å². The quantitative estimate of drug-likeness (QED) is 0.466. The summed E-state index contributed by atoms with van der Waals surface area (Å²) in [5.41, 5.74) is 0. The molecule has 0 aromatic rings. The summed E-state index contributed by atoms with van der Waals surface area (Å²) in [4.78, 5) is 0. The van der Waals surface area contributed by atoms with E-state index in [1.54, 1.807) is 0 Å². The molecule has 0 aliphatic carbocycles. The Bertz CT molecular complexity index is 49.7. The standard InChI is InChI=1S/C5H13PS2/c1-4-6(3)8-7-5-2/h4-5H2,1-3H3. The first-order chi connectivity index (χ1) is 3.81. The van der Waals surface area contributed by atoms with E-state index in [4.69, 9.17) is 0 Å². The maximum absolute atomic E-state index is 2.34. The van der Waals surface area contributed by atoms with Crippen LogP contribution in [0.2, 0.25) is 0 Å². The molecule has 1 atom stereocenters. The third-order valence-electron chi connectivity index (χ3n) is 0.743. The number of rotatable bonds is 4. The van der Waals surface area contributed by atoms with Gasteiger partial charge in [-0.3, -0.25) is 0 Å². The molecule has 50 valence electrons. The van der Waals surface area contributed by atoms with Gasteiger partial charge in [-0.2, -0.15) is 0 Å². The Morgan fingerprint density at radius 2 is 2.00 bits per heavy atom. The van der Waals surface area contributed by atoms with Crippen molar-refractivity contribution in [2.45, 2.75) is 13.8 Å². The molecule has 1 unspecified atom stereocenters. The predicted octanol–water partition coefficient (Wildman–Crippen LogP) is 3.43. The second-order valence-corrected chi connectivity index (χ2v) is 8.64. The highest BCUT2D eigenvalue weighted by Gasteiger charge is 1.95. The van der Waals surface area contributed by atoms with Crippen LogP contribution in [0.25, 0.3) is 0 Å². The average molecular weight is 168 g/mol. The summed E-state index contributed by atoms with van der Waals surface area (Å²) in [6.07, 6.45) is 1.35. The average Bonchev–Trinajstić information content (AvgIpc) is 1.83. The molecule has 0 bridgehead atoms. The normalized spacial score (nSPS) is 13.9. The van der Waals surface area contributed by atoms with Crippen LogP contribution in [0, 0.1) is 0 Å². The van der Waals surface area contributed by atoms with E-state index in [-0.39, 0.29) is 0 Å². The second-order valence-electron chi connectivity index (χ2n) is 1.43. The molecule has 8 heavy (non-hydrogen) atoms. The fraction of sp³-hybridized carbons (Fsp3) is 1.00. The van der Waals surface area contributed by atoms with Crippen LogP contribution in [0.5, 0.6) is 0 Å². The van der Waals surface area contributed by atoms with E-state index < -0.39 is 0 Å². The summed E-state index contributed by atoms with van der Waals surface area (Å²) in [7, 11) is 4.34. The molecular formula is C5H13PS2. The lowest BCUT2D eigenvalue weighted by Gasteiger charge is -2.04. The lowest BCUT2D eigenvalue weighted by atomic mass is 11.0. The van der Waals surface area contributed by atoms with Crippen LogP contribution >= 0.6 is 28.3 Å². The molecule has 0 rings (SSSR count). The molecule has 0 spiro atoms. The largest absolute Gasteiger partial charge is 0.0899 e. The van der Waals surface area contributed by atoms with Crippen LogP contribution in [0.1, 0.15) is 13.8 Å². The van der Waals surface area contributed by atoms with Crippen LogP contribution < -0.4 is 0 Å². The minimum absolute atomic E-state index is 0.295. The first-order valence-corrected chi connectivity index (χ1v) is 7.71. The predicted molar refractivity (Wildman–Crippen MR) is 49.1 cm³/mol. The molecule has 0 heterocycles. The molecule has 0 radical (unpaired) electrons.